The third kappa shape index (κ3) is 2.20. The quantitative estimate of drug-likeness (QED) is 0.830. The summed E-state index contributed by atoms with van der Waals surface area (Å²) in [6, 6.07) is 4.32. The highest BCUT2D eigenvalue weighted by molar-refractivity contribution is 6.30. The average molecular weight is 250 g/mol. The Bertz CT molecular complexity index is 481. The first-order valence-corrected chi connectivity index (χ1v) is 6.50. The zero-order valence-corrected chi connectivity index (χ0v) is 10.5. The molecule has 1 aliphatic carbocycles. The van der Waals surface area contributed by atoms with Gasteiger partial charge in [-0.1, -0.05) is 23.3 Å². The first-order valence-electron chi connectivity index (χ1n) is 6.12. The van der Waals surface area contributed by atoms with Crippen LogP contribution in [0.3, 0.4) is 0 Å². The van der Waals surface area contributed by atoms with Crippen LogP contribution in [0.2, 0.25) is 5.02 Å². The van der Waals surface area contributed by atoms with Crippen molar-refractivity contribution >= 4 is 17.7 Å². The highest BCUT2D eigenvalue weighted by Crippen LogP contribution is 2.36. The molecular formula is C14H16ClNO. The first kappa shape index (κ1) is 11.1. The Hall–Kier alpha value is -0.990. The van der Waals surface area contributed by atoms with Crippen LogP contribution in [0, 0.1) is 0 Å². The Morgan fingerprint density at radius 1 is 1.35 bits per heavy atom. The van der Waals surface area contributed by atoms with E-state index >= 15 is 0 Å². The Labute approximate surface area is 106 Å². The minimum atomic E-state index is 0.328. The van der Waals surface area contributed by atoms with Gasteiger partial charge in [0.05, 0.1) is 6.61 Å². The van der Waals surface area contributed by atoms with Crippen molar-refractivity contribution in [2.45, 2.75) is 31.7 Å². The lowest BCUT2D eigenvalue weighted by atomic mass is 10.0. The molecule has 2 aliphatic rings. The topological polar surface area (TPSA) is 35.2 Å². The van der Waals surface area contributed by atoms with Crippen molar-refractivity contribution in [1.29, 1.82) is 0 Å². The van der Waals surface area contributed by atoms with Crippen LogP contribution in [0.15, 0.2) is 17.7 Å². The van der Waals surface area contributed by atoms with E-state index < -0.39 is 0 Å². The molecule has 0 aromatic heterocycles. The summed E-state index contributed by atoms with van der Waals surface area (Å²) in [6.45, 7) is 0.769. The Morgan fingerprint density at radius 3 is 3.00 bits per heavy atom. The number of fused-ring (bicyclic) bond motifs is 1. The Morgan fingerprint density at radius 2 is 2.24 bits per heavy atom. The van der Waals surface area contributed by atoms with E-state index in [0.717, 1.165) is 48.6 Å². The summed E-state index contributed by atoms with van der Waals surface area (Å²) >= 11 is 6.13. The molecule has 0 radical (unpaired) electrons. The minimum Gasteiger partial charge on any atom is -0.492 e. The number of benzene rings is 1. The molecule has 1 fully saturated rings. The summed E-state index contributed by atoms with van der Waals surface area (Å²) in [5, 5.41) is 0.795. The number of rotatable bonds is 1. The van der Waals surface area contributed by atoms with Gasteiger partial charge in [0.25, 0.3) is 0 Å². The van der Waals surface area contributed by atoms with Crippen LogP contribution in [0.1, 0.15) is 30.4 Å². The number of hydrogen-bond donors (Lipinski definition) is 1. The van der Waals surface area contributed by atoms with Crippen molar-refractivity contribution < 1.29 is 4.74 Å². The maximum absolute atomic E-state index is 6.13. The fourth-order valence-electron chi connectivity index (χ4n) is 2.67. The molecule has 0 bridgehead atoms. The molecule has 1 aromatic carbocycles. The molecule has 1 aromatic rings. The van der Waals surface area contributed by atoms with E-state index in [0.29, 0.717) is 6.04 Å². The van der Waals surface area contributed by atoms with Crippen LogP contribution >= 0.6 is 11.6 Å². The lowest BCUT2D eigenvalue weighted by molar-refractivity contribution is 0.356. The Kier molecular flexibility index (Phi) is 2.85. The summed E-state index contributed by atoms with van der Waals surface area (Å²) in [5.74, 6) is 1.02. The number of ether oxygens (including phenoxy) is 1. The van der Waals surface area contributed by atoms with E-state index in [2.05, 4.69) is 6.08 Å². The SMILES string of the molecule is NC1CC/C(=C/c2cc(Cl)cc3c2OCC3)C1. The molecule has 1 atom stereocenters. The van der Waals surface area contributed by atoms with Crippen LogP contribution in [-0.2, 0) is 6.42 Å². The van der Waals surface area contributed by atoms with Crippen molar-refractivity contribution in [2.75, 3.05) is 6.61 Å². The zero-order chi connectivity index (χ0) is 11.8. The average Bonchev–Trinajstić information content (AvgIpc) is 2.87. The van der Waals surface area contributed by atoms with E-state index in [1.807, 2.05) is 12.1 Å². The zero-order valence-electron chi connectivity index (χ0n) is 9.71. The van der Waals surface area contributed by atoms with Gasteiger partial charge in [0, 0.05) is 23.0 Å². The van der Waals surface area contributed by atoms with Crippen molar-refractivity contribution in [3.8, 4) is 5.75 Å². The molecular weight excluding hydrogens is 234 g/mol. The van der Waals surface area contributed by atoms with Crippen molar-refractivity contribution in [1.82, 2.24) is 0 Å². The molecule has 0 saturated heterocycles. The molecule has 90 valence electrons. The molecule has 1 saturated carbocycles. The predicted octanol–water partition coefficient (Wildman–Crippen LogP) is 3.17. The Balaban J connectivity index is 1.98. The first-order chi connectivity index (χ1) is 8.22. The predicted molar refractivity (Wildman–Crippen MR) is 70.5 cm³/mol. The maximum Gasteiger partial charge on any atom is 0.129 e. The van der Waals surface area contributed by atoms with E-state index in [4.69, 9.17) is 22.1 Å². The van der Waals surface area contributed by atoms with Gasteiger partial charge < -0.3 is 10.5 Å². The minimum absolute atomic E-state index is 0.328. The van der Waals surface area contributed by atoms with Gasteiger partial charge in [-0.3, -0.25) is 0 Å². The molecule has 2 N–H and O–H groups in total. The van der Waals surface area contributed by atoms with Gasteiger partial charge in [-0.05, 0) is 37.0 Å². The standard InChI is InChI=1S/C14H16ClNO/c15-12-7-10-3-4-17-14(10)11(8-12)5-9-1-2-13(16)6-9/h5,7-8,13H,1-4,6,16H2/b9-5-. The second kappa shape index (κ2) is 4.35. The molecule has 17 heavy (non-hydrogen) atoms. The number of halogens is 1. The van der Waals surface area contributed by atoms with E-state index in [1.54, 1.807) is 0 Å². The summed E-state index contributed by atoms with van der Waals surface area (Å²) < 4.78 is 5.69. The van der Waals surface area contributed by atoms with Crippen LogP contribution in [0.4, 0.5) is 0 Å². The fourth-order valence-corrected chi connectivity index (χ4v) is 2.92. The highest BCUT2D eigenvalue weighted by atomic mass is 35.5. The lowest BCUT2D eigenvalue weighted by Gasteiger charge is -2.06. The van der Waals surface area contributed by atoms with Crippen LogP contribution in [0.5, 0.6) is 5.75 Å². The van der Waals surface area contributed by atoms with Crippen LogP contribution < -0.4 is 10.5 Å². The summed E-state index contributed by atoms with van der Waals surface area (Å²) in [6.07, 6.45) is 6.37. The summed E-state index contributed by atoms with van der Waals surface area (Å²) in [5.41, 5.74) is 9.69. The van der Waals surface area contributed by atoms with Gasteiger partial charge in [-0.15, -0.1) is 0 Å². The summed E-state index contributed by atoms with van der Waals surface area (Å²) in [7, 11) is 0. The molecule has 1 unspecified atom stereocenters. The largest absolute Gasteiger partial charge is 0.492 e. The van der Waals surface area contributed by atoms with E-state index in [-0.39, 0.29) is 0 Å². The highest BCUT2D eigenvalue weighted by Gasteiger charge is 2.19. The molecule has 3 heteroatoms. The number of nitrogens with two attached hydrogens (primary N) is 1. The second-order valence-electron chi connectivity index (χ2n) is 4.89. The molecule has 1 aliphatic heterocycles. The third-order valence-corrected chi connectivity index (χ3v) is 3.72. The normalized spacial score (nSPS) is 25.1. The van der Waals surface area contributed by atoms with Crippen LogP contribution in [-0.4, -0.2) is 12.6 Å². The molecule has 0 amide bonds. The van der Waals surface area contributed by atoms with Crippen molar-refractivity contribution in [3.05, 3.63) is 33.9 Å². The van der Waals surface area contributed by atoms with Crippen LogP contribution in [0.25, 0.3) is 6.08 Å². The van der Waals surface area contributed by atoms with Gasteiger partial charge in [-0.2, -0.15) is 0 Å². The smallest absolute Gasteiger partial charge is 0.129 e. The molecule has 3 rings (SSSR count). The molecule has 1 heterocycles. The lowest BCUT2D eigenvalue weighted by Crippen LogP contribution is -2.13. The number of hydrogen-bond acceptors (Lipinski definition) is 2. The van der Waals surface area contributed by atoms with E-state index in [1.165, 1.54) is 11.1 Å². The second-order valence-corrected chi connectivity index (χ2v) is 5.32. The van der Waals surface area contributed by atoms with Gasteiger partial charge in [-0.25, -0.2) is 0 Å². The monoisotopic (exact) mass is 249 g/mol. The third-order valence-electron chi connectivity index (χ3n) is 3.50. The summed E-state index contributed by atoms with van der Waals surface area (Å²) in [4.78, 5) is 0. The van der Waals surface area contributed by atoms with Gasteiger partial charge in [0.1, 0.15) is 5.75 Å². The van der Waals surface area contributed by atoms with Gasteiger partial charge >= 0.3 is 0 Å². The fraction of sp³-hybridized carbons (Fsp3) is 0.429. The molecule has 0 spiro atoms. The van der Waals surface area contributed by atoms with Crippen molar-refractivity contribution in [3.63, 3.8) is 0 Å². The van der Waals surface area contributed by atoms with Gasteiger partial charge in [0.2, 0.25) is 0 Å². The molecule has 2 nitrogen and oxygen atoms in total. The van der Waals surface area contributed by atoms with E-state index in [9.17, 15) is 0 Å². The van der Waals surface area contributed by atoms with Crippen molar-refractivity contribution in [2.24, 2.45) is 5.73 Å². The maximum atomic E-state index is 6.13. The van der Waals surface area contributed by atoms with Gasteiger partial charge in [0.15, 0.2) is 0 Å².